The van der Waals surface area contributed by atoms with Crippen LogP contribution in [0.2, 0.25) is 0 Å². The highest BCUT2D eigenvalue weighted by Gasteiger charge is 2.21. The molecule has 0 bridgehead atoms. The molecule has 8 nitrogen and oxygen atoms in total. The van der Waals surface area contributed by atoms with Gasteiger partial charge in [0.05, 0.1) is 0 Å². The number of hydrogen-bond donors (Lipinski definition) is 1. The van der Waals surface area contributed by atoms with E-state index in [0.29, 0.717) is 24.5 Å². The Morgan fingerprint density at radius 3 is 2.63 bits per heavy atom. The first-order chi connectivity index (χ1) is 13.0. The Morgan fingerprint density at radius 2 is 1.93 bits per heavy atom. The van der Waals surface area contributed by atoms with Crippen molar-refractivity contribution in [2.75, 3.05) is 11.4 Å². The van der Waals surface area contributed by atoms with Crippen LogP contribution in [0, 0.1) is 5.82 Å². The number of amides is 2. The summed E-state index contributed by atoms with van der Waals surface area (Å²) in [5, 5.41) is 4.30. The van der Waals surface area contributed by atoms with Crippen molar-refractivity contribution in [2.45, 2.75) is 45.2 Å². The molecule has 1 aromatic heterocycles. The molecule has 0 unspecified atom stereocenters. The van der Waals surface area contributed by atoms with Crippen LogP contribution in [0.25, 0.3) is 0 Å². The van der Waals surface area contributed by atoms with Crippen LogP contribution in [-0.4, -0.2) is 32.7 Å². The van der Waals surface area contributed by atoms with Gasteiger partial charge in [-0.05, 0) is 37.1 Å². The number of primary amides is 1. The quantitative estimate of drug-likeness (QED) is 0.807. The highest BCUT2D eigenvalue weighted by atomic mass is 19.1. The Bertz CT molecular complexity index is 887. The van der Waals surface area contributed by atoms with Crippen LogP contribution in [-0.2, 0) is 29.1 Å². The van der Waals surface area contributed by atoms with Gasteiger partial charge in [0.1, 0.15) is 18.2 Å². The first kappa shape index (κ1) is 18.8. The summed E-state index contributed by atoms with van der Waals surface area (Å²) in [7, 11) is 0. The number of aromatic nitrogens is 3. The first-order valence-corrected chi connectivity index (χ1v) is 8.96. The lowest BCUT2D eigenvalue weighted by atomic mass is 10.2. The van der Waals surface area contributed by atoms with Gasteiger partial charge in [-0.3, -0.25) is 14.2 Å². The van der Waals surface area contributed by atoms with Gasteiger partial charge in [0.25, 0.3) is 0 Å². The van der Waals surface area contributed by atoms with E-state index in [9.17, 15) is 18.8 Å². The summed E-state index contributed by atoms with van der Waals surface area (Å²) in [5.41, 5.74) is 5.31. The van der Waals surface area contributed by atoms with Gasteiger partial charge in [0, 0.05) is 31.6 Å². The maximum atomic E-state index is 13.2. The number of carbonyl (C=O) groups excluding carboxylic acids is 2. The monoisotopic (exact) mass is 375 g/mol. The number of carbonyl (C=O) groups is 2. The summed E-state index contributed by atoms with van der Waals surface area (Å²) < 4.78 is 16.0. The van der Waals surface area contributed by atoms with E-state index in [4.69, 9.17) is 5.73 Å². The summed E-state index contributed by atoms with van der Waals surface area (Å²) in [6.45, 7) is 0.392. The Balaban J connectivity index is 1.83. The molecule has 2 heterocycles. The minimum absolute atomic E-state index is 0.0438. The van der Waals surface area contributed by atoms with E-state index >= 15 is 0 Å². The van der Waals surface area contributed by atoms with Crippen LogP contribution in [0.15, 0.2) is 29.1 Å². The fourth-order valence-electron chi connectivity index (χ4n) is 3.18. The van der Waals surface area contributed by atoms with E-state index in [1.807, 2.05) is 0 Å². The van der Waals surface area contributed by atoms with Crippen LogP contribution >= 0.6 is 0 Å². The standard InChI is InChI=1S/C18H22FN5O3/c19-13-5-7-14(8-6-13)22(11-9-15(20)25)17(26)12-24-18(27)23-10-3-1-2-4-16(23)21-24/h5-8H,1-4,9-12H2,(H2,20,25). The maximum absolute atomic E-state index is 13.2. The zero-order chi connectivity index (χ0) is 19.4. The molecule has 144 valence electrons. The number of benzene rings is 1. The first-order valence-electron chi connectivity index (χ1n) is 8.96. The Kier molecular flexibility index (Phi) is 5.68. The Hall–Kier alpha value is -2.97. The van der Waals surface area contributed by atoms with Crippen molar-refractivity contribution in [1.82, 2.24) is 14.3 Å². The van der Waals surface area contributed by atoms with Crippen LogP contribution in [0.1, 0.15) is 31.5 Å². The van der Waals surface area contributed by atoms with E-state index < -0.39 is 17.6 Å². The van der Waals surface area contributed by atoms with Crippen molar-refractivity contribution in [3.63, 3.8) is 0 Å². The van der Waals surface area contributed by atoms with E-state index in [-0.39, 0.29) is 25.2 Å². The number of nitrogens with two attached hydrogens (primary N) is 1. The van der Waals surface area contributed by atoms with Crippen molar-refractivity contribution in [2.24, 2.45) is 5.73 Å². The topological polar surface area (TPSA) is 103 Å². The van der Waals surface area contributed by atoms with Crippen LogP contribution in [0.3, 0.4) is 0 Å². The van der Waals surface area contributed by atoms with Crippen molar-refractivity contribution in [3.05, 3.63) is 46.4 Å². The third-order valence-electron chi connectivity index (χ3n) is 4.59. The number of rotatable bonds is 6. The van der Waals surface area contributed by atoms with Gasteiger partial charge in [-0.2, -0.15) is 5.10 Å². The Labute approximate surface area is 155 Å². The van der Waals surface area contributed by atoms with E-state index in [0.717, 1.165) is 23.9 Å². The van der Waals surface area contributed by atoms with Crippen LogP contribution in [0.4, 0.5) is 10.1 Å². The minimum atomic E-state index is -0.555. The second kappa shape index (κ2) is 8.15. The molecule has 2 amide bonds. The average molecular weight is 375 g/mol. The van der Waals surface area contributed by atoms with Crippen molar-refractivity contribution in [3.8, 4) is 0 Å². The van der Waals surface area contributed by atoms with Gasteiger partial charge in [-0.25, -0.2) is 13.9 Å². The largest absolute Gasteiger partial charge is 0.370 e. The predicted octanol–water partition coefficient (Wildman–Crippen LogP) is 0.819. The molecule has 0 radical (unpaired) electrons. The molecular formula is C18H22FN5O3. The van der Waals surface area contributed by atoms with Gasteiger partial charge in [0.15, 0.2) is 0 Å². The SMILES string of the molecule is NC(=O)CCN(C(=O)Cn1nc2n(c1=O)CCCCC2)c1ccc(F)cc1. The lowest BCUT2D eigenvalue weighted by Gasteiger charge is -2.22. The second-order valence-electron chi connectivity index (χ2n) is 6.56. The van der Waals surface area contributed by atoms with Gasteiger partial charge in [0.2, 0.25) is 11.8 Å². The molecule has 0 saturated carbocycles. The van der Waals surface area contributed by atoms with E-state index in [2.05, 4.69) is 5.10 Å². The summed E-state index contributed by atoms with van der Waals surface area (Å²) in [4.78, 5) is 37.8. The fourth-order valence-corrected chi connectivity index (χ4v) is 3.18. The number of hydrogen-bond acceptors (Lipinski definition) is 4. The third kappa shape index (κ3) is 4.42. The minimum Gasteiger partial charge on any atom is -0.370 e. The van der Waals surface area contributed by atoms with Gasteiger partial charge in [-0.15, -0.1) is 0 Å². The normalized spacial score (nSPS) is 13.7. The zero-order valence-electron chi connectivity index (χ0n) is 14.9. The molecule has 2 aromatic rings. The van der Waals surface area contributed by atoms with E-state index in [1.54, 1.807) is 4.57 Å². The molecule has 0 fully saturated rings. The van der Waals surface area contributed by atoms with Gasteiger partial charge in [-0.1, -0.05) is 6.42 Å². The number of anilines is 1. The van der Waals surface area contributed by atoms with Crippen molar-refractivity contribution < 1.29 is 14.0 Å². The van der Waals surface area contributed by atoms with Crippen LogP contribution in [0.5, 0.6) is 0 Å². The number of nitrogens with zero attached hydrogens (tertiary/aromatic N) is 4. The molecule has 27 heavy (non-hydrogen) atoms. The maximum Gasteiger partial charge on any atom is 0.346 e. The van der Waals surface area contributed by atoms with Gasteiger partial charge >= 0.3 is 5.69 Å². The van der Waals surface area contributed by atoms with Crippen molar-refractivity contribution >= 4 is 17.5 Å². The molecule has 1 aliphatic rings. The average Bonchev–Trinajstić information content (AvgIpc) is 2.80. The molecule has 9 heteroatoms. The second-order valence-corrected chi connectivity index (χ2v) is 6.56. The van der Waals surface area contributed by atoms with Crippen molar-refractivity contribution in [1.29, 1.82) is 0 Å². The molecule has 0 spiro atoms. The van der Waals surface area contributed by atoms with Gasteiger partial charge < -0.3 is 10.6 Å². The van der Waals surface area contributed by atoms with E-state index in [1.165, 1.54) is 29.2 Å². The zero-order valence-corrected chi connectivity index (χ0v) is 14.9. The smallest absolute Gasteiger partial charge is 0.346 e. The summed E-state index contributed by atoms with van der Waals surface area (Å²) in [6.07, 6.45) is 3.59. The molecule has 0 aliphatic carbocycles. The molecule has 1 aliphatic heterocycles. The fraction of sp³-hybridized carbons (Fsp3) is 0.444. The molecule has 0 saturated heterocycles. The number of aryl methyl sites for hydroxylation is 1. The highest BCUT2D eigenvalue weighted by Crippen LogP contribution is 2.16. The Morgan fingerprint density at radius 1 is 1.19 bits per heavy atom. The molecular weight excluding hydrogens is 353 g/mol. The summed E-state index contributed by atoms with van der Waals surface area (Å²) >= 11 is 0. The summed E-state index contributed by atoms with van der Waals surface area (Å²) in [5.74, 6) is -0.718. The van der Waals surface area contributed by atoms with Crippen LogP contribution < -0.4 is 16.3 Å². The lowest BCUT2D eigenvalue weighted by Crippen LogP contribution is -2.39. The number of fused-ring (bicyclic) bond motifs is 1. The third-order valence-corrected chi connectivity index (χ3v) is 4.59. The number of halogens is 1. The summed E-state index contributed by atoms with van der Waals surface area (Å²) in [6, 6.07) is 5.34. The molecule has 0 atom stereocenters. The lowest BCUT2D eigenvalue weighted by molar-refractivity contribution is -0.119. The predicted molar refractivity (Wildman–Crippen MR) is 96.6 cm³/mol. The molecule has 1 aromatic carbocycles. The molecule has 2 N–H and O–H groups in total. The highest BCUT2D eigenvalue weighted by molar-refractivity contribution is 5.93. The molecule has 3 rings (SSSR count).